The Bertz CT molecular complexity index is 941. The zero-order valence-electron chi connectivity index (χ0n) is 18.0. The number of amides is 3. The number of rotatable bonds is 5. The van der Waals surface area contributed by atoms with Gasteiger partial charge in [0, 0.05) is 37.1 Å². The molecule has 164 valence electrons. The van der Waals surface area contributed by atoms with Crippen molar-refractivity contribution < 1.29 is 9.59 Å². The van der Waals surface area contributed by atoms with Crippen LogP contribution in [0.2, 0.25) is 0 Å². The molecule has 3 heterocycles. The SMILES string of the molecule is C[C@H](NC(=O)[C@@H]1CCCN1C)c1ccc(NC(=O)N2CC(c3cncc(N)c3)C2)cc1. The van der Waals surface area contributed by atoms with E-state index in [0.717, 1.165) is 36.2 Å². The first kappa shape index (κ1) is 21.1. The number of nitrogen functional groups attached to an aromatic ring is 1. The first-order valence-electron chi connectivity index (χ1n) is 10.8. The normalized spacial score (nSPS) is 20.2. The van der Waals surface area contributed by atoms with Crippen LogP contribution in [0.1, 0.15) is 42.9 Å². The fourth-order valence-corrected chi connectivity index (χ4v) is 4.25. The lowest BCUT2D eigenvalue weighted by atomic mass is 9.93. The van der Waals surface area contributed by atoms with Gasteiger partial charge in [-0.15, -0.1) is 0 Å². The summed E-state index contributed by atoms with van der Waals surface area (Å²) in [6.07, 6.45) is 5.40. The Labute approximate surface area is 182 Å². The Morgan fingerprint density at radius 1 is 1.19 bits per heavy atom. The van der Waals surface area contributed by atoms with Gasteiger partial charge in [0.2, 0.25) is 5.91 Å². The van der Waals surface area contributed by atoms with Gasteiger partial charge in [-0.2, -0.15) is 0 Å². The maximum absolute atomic E-state index is 12.5. The molecule has 31 heavy (non-hydrogen) atoms. The molecule has 4 N–H and O–H groups in total. The van der Waals surface area contributed by atoms with E-state index in [2.05, 4.69) is 20.5 Å². The minimum Gasteiger partial charge on any atom is -0.397 e. The molecular formula is C23H30N6O2. The molecule has 1 aromatic carbocycles. The third-order valence-electron chi connectivity index (χ3n) is 6.26. The van der Waals surface area contributed by atoms with Crippen molar-refractivity contribution >= 4 is 23.3 Å². The number of carbonyl (C=O) groups excluding carboxylic acids is 2. The fraction of sp³-hybridized carbons (Fsp3) is 0.435. The second kappa shape index (κ2) is 8.93. The number of hydrogen-bond acceptors (Lipinski definition) is 5. The summed E-state index contributed by atoms with van der Waals surface area (Å²) in [6.45, 7) is 4.24. The van der Waals surface area contributed by atoms with E-state index in [1.165, 1.54) is 0 Å². The molecule has 2 aliphatic rings. The number of benzene rings is 1. The number of hydrogen-bond donors (Lipinski definition) is 3. The number of aromatic nitrogens is 1. The van der Waals surface area contributed by atoms with Crippen molar-refractivity contribution in [2.75, 3.05) is 37.7 Å². The molecule has 2 aliphatic heterocycles. The summed E-state index contributed by atoms with van der Waals surface area (Å²) < 4.78 is 0. The van der Waals surface area contributed by atoms with Gasteiger partial charge < -0.3 is 21.3 Å². The largest absolute Gasteiger partial charge is 0.397 e. The van der Waals surface area contributed by atoms with Crippen LogP contribution in [-0.4, -0.2) is 59.4 Å². The standard InChI is InChI=1S/C23H30N6O2/c1-15(26-22(30)21-4-3-9-28(21)2)16-5-7-20(8-6-16)27-23(31)29-13-18(14-29)17-10-19(24)12-25-11-17/h5-8,10-12,15,18,21H,3-4,9,13-14,24H2,1-2H3,(H,26,30)(H,27,31)/t15-,21-/m0/s1. The summed E-state index contributed by atoms with van der Waals surface area (Å²) in [5.41, 5.74) is 9.23. The van der Waals surface area contributed by atoms with E-state index >= 15 is 0 Å². The van der Waals surface area contributed by atoms with Gasteiger partial charge >= 0.3 is 6.03 Å². The number of urea groups is 1. The van der Waals surface area contributed by atoms with Gasteiger partial charge in [0.05, 0.1) is 17.8 Å². The molecule has 2 fully saturated rings. The number of anilines is 2. The fourth-order valence-electron chi connectivity index (χ4n) is 4.25. The van der Waals surface area contributed by atoms with Crippen LogP contribution < -0.4 is 16.4 Å². The summed E-state index contributed by atoms with van der Waals surface area (Å²) >= 11 is 0. The van der Waals surface area contributed by atoms with Crippen LogP contribution in [0, 0.1) is 0 Å². The van der Waals surface area contributed by atoms with Crippen molar-refractivity contribution in [3.63, 3.8) is 0 Å². The second-order valence-electron chi connectivity index (χ2n) is 8.57. The molecule has 2 atom stereocenters. The lowest BCUT2D eigenvalue weighted by molar-refractivity contribution is -0.125. The maximum Gasteiger partial charge on any atom is 0.321 e. The minimum atomic E-state index is -0.119. The highest BCUT2D eigenvalue weighted by atomic mass is 16.2. The monoisotopic (exact) mass is 422 g/mol. The third kappa shape index (κ3) is 4.80. The average molecular weight is 423 g/mol. The number of nitrogens with zero attached hydrogens (tertiary/aromatic N) is 3. The highest BCUT2D eigenvalue weighted by Crippen LogP contribution is 2.28. The molecule has 0 radical (unpaired) electrons. The molecule has 2 aromatic rings. The summed E-state index contributed by atoms with van der Waals surface area (Å²) in [7, 11) is 1.99. The predicted octanol–water partition coefficient (Wildman–Crippen LogP) is 2.57. The number of likely N-dealkylation sites (N-methyl/N-ethyl adjacent to an activating group) is 1. The van der Waals surface area contributed by atoms with E-state index in [0.29, 0.717) is 18.8 Å². The summed E-state index contributed by atoms with van der Waals surface area (Å²) in [5, 5.41) is 6.04. The van der Waals surface area contributed by atoms with Crippen LogP contribution >= 0.6 is 0 Å². The average Bonchev–Trinajstić information content (AvgIpc) is 3.13. The van der Waals surface area contributed by atoms with Crippen molar-refractivity contribution in [1.82, 2.24) is 20.1 Å². The number of likely N-dealkylation sites (tertiary alicyclic amines) is 2. The predicted molar refractivity (Wildman–Crippen MR) is 121 cm³/mol. The molecule has 8 heteroatoms. The first-order chi connectivity index (χ1) is 14.9. The summed E-state index contributed by atoms with van der Waals surface area (Å²) in [6, 6.07) is 9.29. The second-order valence-corrected chi connectivity index (χ2v) is 8.57. The molecule has 8 nitrogen and oxygen atoms in total. The number of pyridine rings is 1. The smallest absolute Gasteiger partial charge is 0.321 e. The molecule has 0 spiro atoms. The quantitative estimate of drug-likeness (QED) is 0.687. The highest BCUT2D eigenvalue weighted by molar-refractivity contribution is 5.90. The van der Waals surface area contributed by atoms with E-state index in [1.807, 2.05) is 44.3 Å². The van der Waals surface area contributed by atoms with Crippen LogP contribution in [-0.2, 0) is 4.79 Å². The van der Waals surface area contributed by atoms with Gasteiger partial charge in [-0.25, -0.2) is 4.79 Å². The molecule has 0 saturated carbocycles. The minimum absolute atomic E-state index is 0.0375. The summed E-state index contributed by atoms with van der Waals surface area (Å²) in [4.78, 5) is 33.0. The molecule has 4 rings (SSSR count). The zero-order valence-corrected chi connectivity index (χ0v) is 18.0. The van der Waals surface area contributed by atoms with Gasteiger partial charge in [-0.1, -0.05) is 12.1 Å². The molecule has 0 bridgehead atoms. The topological polar surface area (TPSA) is 104 Å². The van der Waals surface area contributed by atoms with E-state index in [9.17, 15) is 9.59 Å². The van der Waals surface area contributed by atoms with Crippen LogP contribution in [0.25, 0.3) is 0 Å². The number of nitrogens with one attached hydrogen (secondary N) is 2. The van der Waals surface area contributed by atoms with Gasteiger partial charge in [0.15, 0.2) is 0 Å². The number of nitrogens with two attached hydrogens (primary N) is 1. The molecule has 2 saturated heterocycles. The van der Waals surface area contributed by atoms with E-state index in [4.69, 9.17) is 5.73 Å². The Hall–Kier alpha value is -3.13. The van der Waals surface area contributed by atoms with Crippen LogP contribution in [0.5, 0.6) is 0 Å². The third-order valence-corrected chi connectivity index (χ3v) is 6.26. The van der Waals surface area contributed by atoms with Crippen molar-refractivity contribution in [2.45, 2.75) is 37.8 Å². The van der Waals surface area contributed by atoms with Gasteiger partial charge in [0.1, 0.15) is 0 Å². The highest BCUT2D eigenvalue weighted by Gasteiger charge is 2.32. The zero-order chi connectivity index (χ0) is 22.0. The van der Waals surface area contributed by atoms with Gasteiger partial charge in [-0.05, 0) is 62.7 Å². The van der Waals surface area contributed by atoms with Gasteiger partial charge in [-0.3, -0.25) is 14.7 Å². The van der Waals surface area contributed by atoms with Crippen LogP contribution in [0.3, 0.4) is 0 Å². The Morgan fingerprint density at radius 2 is 1.94 bits per heavy atom. The molecule has 0 unspecified atom stereocenters. The molecule has 3 amide bonds. The summed E-state index contributed by atoms with van der Waals surface area (Å²) in [5.74, 6) is 0.347. The molecule has 1 aromatic heterocycles. The number of carbonyl (C=O) groups is 2. The van der Waals surface area contributed by atoms with E-state index in [-0.39, 0.29) is 29.9 Å². The lowest BCUT2D eigenvalue weighted by Gasteiger charge is -2.39. The van der Waals surface area contributed by atoms with Crippen LogP contribution in [0.15, 0.2) is 42.7 Å². The molecule has 0 aliphatic carbocycles. The van der Waals surface area contributed by atoms with Crippen molar-refractivity contribution in [2.24, 2.45) is 0 Å². The molecular weight excluding hydrogens is 392 g/mol. The lowest BCUT2D eigenvalue weighted by Crippen LogP contribution is -2.50. The Kier molecular flexibility index (Phi) is 6.08. The Balaban J connectivity index is 1.26. The van der Waals surface area contributed by atoms with Gasteiger partial charge in [0.25, 0.3) is 0 Å². The van der Waals surface area contributed by atoms with Crippen molar-refractivity contribution in [3.8, 4) is 0 Å². The first-order valence-corrected chi connectivity index (χ1v) is 10.8. The van der Waals surface area contributed by atoms with Crippen molar-refractivity contribution in [3.05, 3.63) is 53.9 Å². The van der Waals surface area contributed by atoms with Crippen LogP contribution in [0.4, 0.5) is 16.2 Å². The van der Waals surface area contributed by atoms with E-state index in [1.54, 1.807) is 17.3 Å². The van der Waals surface area contributed by atoms with E-state index < -0.39 is 0 Å². The van der Waals surface area contributed by atoms with Crippen molar-refractivity contribution in [1.29, 1.82) is 0 Å². The maximum atomic E-state index is 12.5. The Morgan fingerprint density at radius 3 is 2.58 bits per heavy atom.